The Morgan fingerprint density at radius 2 is 2.30 bits per heavy atom. The van der Waals surface area contributed by atoms with Gasteiger partial charge in [-0.1, -0.05) is 6.08 Å². The standard InChI is InChI=1S/C13H22N2O5/c1-2-3-6-19-7-4-14-13(18)15-5-8-20-10-11(15)9-12(16)17/h2,11H,1,3-10H2,(H,14,18)(H,16,17). The lowest BCUT2D eigenvalue weighted by atomic mass is 10.1. The molecule has 0 aliphatic carbocycles. The minimum Gasteiger partial charge on any atom is -0.481 e. The first-order valence-corrected chi connectivity index (χ1v) is 6.67. The summed E-state index contributed by atoms with van der Waals surface area (Å²) in [5.74, 6) is -0.939. The molecule has 0 spiro atoms. The lowest BCUT2D eigenvalue weighted by Crippen LogP contribution is -2.53. The third-order valence-electron chi connectivity index (χ3n) is 2.89. The minimum absolute atomic E-state index is 0.108. The average Bonchev–Trinajstić information content (AvgIpc) is 2.42. The molecule has 1 rings (SSSR count). The molecule has 1 heterocycles. The number of carbonyl (C=O) groups is 2. The van der Waals surface area contributed by atoms with Crippen molar-refractivity contribution in [2.75, 3.05) is 39.5 Å². The maximum atomic E-state index is 12.0. The number of ether oxygens (including phenoxy) is 2. The Hall–Kier alpha value is -1.60. The van der Waals surface area contributed by atoms with E-state index in [0.717, 1.165) is 6.42 Å². The summed E-state index contributed by atoms with van der Waals surface area (Å²) in [6.45, 7) is 6.08. The highest BCUT2D eigenvalue weighted by Crippen LogP contribution is 2.10. The van der Waals surface area contributed by atoms with Gasteiger partial charge in [0, 0.05) is 13.1 Å². The second-order valence-corrected chi connectivity index (χ2v) is 4.44. The highest BCUT2D eigenvalue weighted by molar-refractivity contribution is 5.76. The topological polar surface area (TPSA) is 88.1 Å². The molecule has 20 heavy (non-hydrogen) atoms. The molecule has 7 heteroatoms. The SMILES string of the molecule is C=CCCOCCNC(=O)N1CCOCC1CC(=O)O. The summed E-state index contributed by atoms with van der Waals surface area (Å²) in [7, 11) is 0. The Bertz CT molecular complexity index is 335. The number of hydrogen-bond acceptors (Lipinski definition) is 4. The normalized spacial score (nSPS) is 18.6. The van der Waals surface area contributed by atoms with Crippen molar-refractivity contribution in [1.82, 2.24) is 10.2 Å². The van der Waals surface area contributed by atoms with Gasteiger partial charge < -0.3 is 24.8 Å². The van der Waals surface area contributed by atoms with Gasteiger partial charge in [-0.2, -0.15) is 0 Å². The zero-order valence-electron chi connectivity index (χ0n) is 11.5. The number of carboxylic acids is 1. The first kappa shape index (κ1) is 16.5. The molecule has 0 saturated carbocycles. The molecule has 1 aliphatic rings. The third kappa shape index (κ3) is 6.03. The first-order chi connectivity index (χ1) is 9.65. The predicted octanol–water partition coefficient (Wildman–Crippen LogP) is 0.464. The quantitative estimate of drug-likeness (QED) is 0.500. The van der Waals surface area contributed by atoms with Gasteiger partial charge in [-0.3, -0.25) is 4.79 Å². The molecule has 0 aromatic rings. The van der Waals surface area contributed by atoms with Crippen LogP contribution in [0.4, 0.5) is 4.79 Å². The first-order valence-electron chi connectivity index (χ1n) is 6.67. The summed E-state index contributed by atoms with van der Waals surface area (Å²) in [6, 6.07) is -0.685. The number of morpholine rings is 1. The molecular weight excluding hydrogens is 264 g/mol. The molecular formula is C13H22N2O5. The van der Waals surface area contributed by atoms with Gasteiger partial charge in [-0.15, -0.1) is 6.58 Å². The van der Waals surface area contributed by atoms with Crippen molar-refractivity contribution in [2.45, 2.75) is 18.9 Å². The maximum absolute atomic E-state index is 12.0. The number of urea groups is 1. The summed E-state index contributed by atoms with van der Waals surface area (Å²) in [6.07, 6.45) is 2.43. The van der Waals surface area contributed by atoms with E-state index in [-0.39, 0.29) is 19.1 Å². The second-order valence-electron chi connectivity index (χ2n) is 4.44. The molecule has 2 amide bonds. The molecule has 7 nitrogen and oxygen atoms in total. The van der Waals surface area contributed by atoms with E-state index in [1.54, 1.807) is 6.08 Å². The molecule has 0 aromatic heterocycles. The fraction of sp³-hybridized carbons (Fsp3) is 0.692. The van der Waals surface area contributed by atoms with Crippen LogP contribution in [-0.2, 0) is 14.3 Å². The maximum Gasteiger partial charge on any atom is 0.317 e. The second kappa shape index (κ2) is 9.33. The summed E-state index contributed by atoms with van der Waals surface area (Å²) in [4.78, 5) is 24.2. The molecule has 114 valence electrons. The summed E-state index contributed by atoms with van der Waals surface area (Å²) < 4.78 is 10.5. The molecule has 1 fully saturated rings. The largest absolute Gasteiger partial charge is 0.481 e. The number of amides is 2. The molecule has 1 atom stereocenters. The molecule has 0 radical (unpaired) electrons. The van der Waals surface area contributed by atoms with Gasteiger partial charge in [0.2, 0.25) is 0 Å². The molecule has 1 aliphatic heterocycles. The summed E-state index contributed by atoms with van der Waals surface area (Å²) in [5, 5.41) is 11.5. The number of nitrogens with zero attached hydrogens (tertiary/aromatic N) is 1. The van der Waals surface area contributed by atoms with Gasteiger partial charge in [0.15, 0.2) is 0 Å². The Balaban J connectivity index is 2.28. The molecule has 0 aromatic carbocycles. The van der Waals surface area contributed by atoms with E-state index in [1.165, 1.54) is 4.90 Å². The van der Waals surface area contributed by atoms with E-state index < -0.39 is 12.0 Å². The van der Waals surface area contributed by atoms with Gasteiger partial charge in [0.25, 0.3) is 0 Å². The van der Waals surface area contributed by atoms with E-state index in [1.807, 2.05) is 0 Å². The zero-order valence-corrected chi connectivity index (χ0v) is 11.5. The highest BCUT2D eigenvalue weighted by atomic mass is 16.5. The van der Waals surface area contributed by atoms with Crippen molar-refractivity contribution < 1.29 is 24.2 Å². The number of aliphatic carboxylic acids is 1. The van der Waals surface area contributed by atoms with Crippen molar-refractivity contribution in [1.29, 1.82) is 0 Å². The molecule has 1 unspecified atom stereocenters. The predicted molar refractivity (Wildman–Crippen MR) is 72.6 cm³/mol. The average molecular weight is 286 g/mol. The Labute approximate surface area is 118 Å². The van der Waals surface area contributed by atoms with Crippen LogP contribution >= 0.6 is 0 Å². The number of nitrogens with one attached hydrogen (secondary N) is 1. The van der Waals surface area contributed by atoms with Crippen LogP contribution in [0.15, 0.2) is 12.7 Å². The minimum atomic E-state index is -0.939. The molecule has 0 bridgehead atoms. The smallest absolute Gasteiger partial charge is 0.317 e. The van der Waals surface area contributed by atoms with Crippen LogP contribution in [0.2, 0.25) is 0 Å². The lowest BCUT2D eigenvalue weighted by molar-refractivity contribution is -0.139. The summed E-state index contributed by atoms with van der Waals surface area (Å²) >= 11 is 0. The van der Waals surface area contributed by atoms with Crippen LogP contribution in [0, 0.1) is 0 Å². The molecule has 1 saturated heterocycles. The van der Waals surface area contributed by atoms with Crippen LogP contribution < -0.4 is 5.32 Å². The third-order valence-corrected chi connectivity index (χ3v) is 2.89. The van der Waals surface area contributed by atoms with Crippen LogP contribution in [0.3, 0.4) is 0 Å². The Morgan fingerprint density at radius 3 is 3.00 bits per heavy atom. The number of carbonyl (C=O) groups excluding carboxylic acids is 1. The van der Waals surface area contributed by atoms with Crippen molar-refractivity contribution in [3.8, 4) is 0 Å². The van der Waals surface area contributed by atoms with E-state index >= 15 is 0 Å². The zero-order chi connectivity index (χ0) is 14.8. The fourth-order valence-corrected chi connectivity index (χ4v) is 1.89. The number of carboxylic acid groups (broad SMARTS) is 1. The Kier molecular flexibility index (Phi) is 7.67. The van der Waals surface area contributed by atoms with E-state index in [2.05, 4.69) is 11.9 Å². The van der Waals surface area contributed by atoms with E-state index in [0.29, 0.717) is 32.9 Å². The van der Waals surface area contributed by atoms with Crippen molar-refractivity contribution >= 4 is 12.0 Å². The molecule has 2 N–H and O–H groups in total. The number of rotatable bonds is 8. The van der Waals surface area contributed by atoms with E-state index in [4.69, 9.17) is 14.6 Å². The van der Waals surface area contributed by atoms with Gasteiger partial charge >= 0.3 is 12.0 Å². The monoisotopic (exact) mass is 286 g/mol. The van der Waals surface area contributed by atoms with Crippen molar-refractivity contribution in [3.05, 3.63) is 12.7 Å². The van der Waals surface area contributed by atoms with Crippen LogP contribution in [0.5, 0.6) is 0 Å². The van der Waals surface area contributed by atoms with Crippen LogP contribution in [0.1, 0.15) is 12.8 Å². The van der Waals surface area contributed by atoms with Gasteiger partial charge in [0.05, 0.1) is 38.9 Å². The Morgan fingerprint density at radius 1 is 1.50 bits per heavy atom. The van der Waals surface area contributed by atoms with Gasteiger partial charge in [0.1, 0.15) is 0 Å². The highest BCUT2D eigenvalue weighted by Gasteiger charge is 2.28. The summed E-state index contributed by atoms with van der Waals surface area (Å²) in [5.41, 5.74) is 0. The fourth-order valence-electron chi connectivity index (χ4n) is 1.89. The van der Waals surface area contributed by atoms with Crippen LogP contribution in [0.25, 0.3) is 0 Å². The van der Waals surface area contributed by atoms with Crippen molar-refractivity contribution in [2.24, 2.45) is 0 Å². The van der Waals surface area contributed by atoms with Crippen molar-refractivity contribution in [3.63, 3.8) is 0 Å². The van der Waals surface area contributed by atoms with Gasteiger partial charge in [-0.25, -0.2) is 4.79 Å². The van der Waals surface area contributed by atoms with Gasteiger partial charge in [-0.05, 0) is 6.42 Å². The van der Waals surface area contributed by atoms with Crippen LogP contribution in [-0.4, -0.2) is 67.6 Å². The lowest BCUT2D eigenvalue weighted by Gasteiger charge is -2.34. The number of hydrogen-bond donors (Lipinski definition) is 2. The van der Waals surface area contributed by atoms with E-state index in [9.17, 15) is 9.59 Å².